The van der Waals surface area contributed by atoms with Gasteiger partial charge < -0.3 is 10.1 Å². The third-order valence-electron chi connectivity index (χ3n) is 5.17. The number of hydrogen-bond donors (Lipinski definition) is 1. The van der Waals surface area contributed by atoms with Gasteiger partial charge in [-0.1, -0.05) is 38.1 Å². The van der Waals surface area contributed by atoms with Crippen LogP contribution in [-0.4, -0.2) is 40.3 Å². The number of amides is 1. The molecule has 0 aromatic heterocycles. The second-order valence-corrected chi connectivity index (χ2v) is 10.0. The topological polar surface area (TPSA) is 75.7 Å². The molecule has 0 saturated heterocycles. The summed E-state index contributed by atoms with van der Waals surface area (Å²) in [5.41, 5.74) is 3.90. The lowest BCUT2D eigenvalue weighted by molar-refractivity contribution is -0.121. The molecule has 170 valence electrons. The third kappa shape index (κ3) is 7.58. The van der Waals surface area contributed by atoms with Gasteiger partial charge in [-0.2, -0.15) is 0 Å². The molecule has 0 aliphatic rings. The number of anilines is 1. The molecule has 1 N–H and O–H groups in total. The zero-order chi connectivity index (χ0) is 23.0. The second kappa shape index (κ2) is 11.2. The number of ether oxygens (including phenoxy) is 1. The van der Waals surface area contributed by atoms with Crippen LogP contribution in [0, 0.1) is 13.8 Å². The first kappa shape index (κ1) is 24.7. The van der Waals surface area contributed by atoms with E-state index in [9.17, 15) is 13.2 Å². The van der Waals surface area contributed by atoms with Gasteiger partial charge in [0.2, 0.25) is 15.9 Å². The monoisotopic (exact) mass is 446 g/mol. The molecule has 0 fully saturated rings. The lowest BCUT2D eigenvalue weighted by Crippen LogP contribution is -2.33. The Morgan fingerprint density at radius 1 is 1.10 bits per heavy atom. The molecule has 0 heterocycles. The molecule has 1 amide bonds. The lowest BCUT2D eigenvalue weighted by atomic mass is 10.0. The molecule has 0 aliphatic carbocycles. The zero-order valence-electron chi connectivity index (χ0n) is 19.1. The summed E-state index contributed by atoms with van der Waals surface area (Å²) in [6.07, 6.45) is 1.87. The van der Waals surface area contributed by atoms with Gasteiger partial charge in [0.25, 0.3) is 0 Å². The SMILES string of the molecule is Cc1ccc(N(CCCC(=O)NCCOc2ccccc2C(C)C)S(C)(=O)=O)cc1C. The number of sulfonamides is 1. The summed E-state index contributed by atoms with van der Waals surface area (Å²) in [5.74, 6) is 1.08. The third-order valence-corrected chi connectivity index (χ3v) is 6.36. The molecule has 2 aromatic carbocycles. The number of carbonyl (C=O) groups is 1. The molecule has 0 radical (unpaired) electrons. The second-order valence-electron chi connectivity index (χ2n) is 8.10. The molecule has 0 bridgehead atoms. The van der Waals surface area contributed by atoms with Crippen LogP contribution in [-0.2, 0) is 14.8 Å². The van der Waals surface area contributed by atoms with E-state index in [1.54, 1.807) is 6.07 Å². The highest BCUT2D eigenvalue weighted by Gasteiger charge is 2.18. The molecule has 0 spiro atoms. The first-order valence-corrected chi connectivity index (χ1v) is 12.5. The van der Waals surface area contributed by atoms with Crippen LogP contribution >= 0.6 is 0 Å². The maximum absolute atomic E-state index is 12.2. The Hall–Kier alpha value is -2.54. The van der Waals surface area contributed by atoms with Crippen LogP contribution in [0.5, 0.6) is 5.75 Å². The number of hydrogen-bond acceptors (Lipinski definition) is 4. The number of para-hydroxylation sites is 1. The van der Waals surface area contributed by atoms with Crippen LogP contribution in [0.15, 0.2) is 42.5 Å². The van der Waals surface area contributed by atoms with Crippen LogP contribution in [0.25, 0.3) is 0 Å². The normalized spacial score (nSPS) is 11.4. The van der Waals surface area contributed by atoms with Crippen molar-refractivity contribution in [2.45, 2.75) is 46.5 Å². The van der Waals surface area contributed by atoms with Crippen LogP contribution < -0.4 is 14.4 Å². The van der Waals surface area contributed by atoms with Crippen LogP contribution in [0.3, 0.4) is 0 Å². The Bertz CT molecular complexity index is 987. The van der Waals surface area contributed by atoms with Crippen molar-refractivity contribution in [1.29, 1.82) is 0 Å². The van der Waals surface area contributed by atoms with Crippen LogP contribution in [0.2, 0.25) is 0 Å². The van der Waals surface area contributed by atoms with Crippen molar-refractivity contribution in [3.63, 3.8) is 0 Å². The summed E-state index contributed by atoms with van der Waals surface area (Å²) in [5, 5.41) is 2.84. The van der Waals surface area contributed by atoms with Crippen molar-refractivity contribution in [3.8, 4) is 5.75 Å². The summed E-state index contributed by atoms with van der Waals surface area (Å²) in [6, 6.07) is 13.5. The average Bonchev–Trinajstić information content (AvgIpc) is 2.70. The standard InChI is InChI=1S/C24H34N2O4S/c1-18(2)22-9-6-7-10-23(22)30-16-14-25-24(27)11-8-15-26(31(5,28)29)21-13-12-19(3)20(4)17-21/h6-7,9-10,12-13,17-18H,8,11,14-16H2,1-5H3,(H,25,27). The number of carbonyl (C=O) groups excluding carboxylic acids is 1. The van der Waals surface area contributed by atoms with Gasteiger partial charge in [-0.05, 0) is 61.1 Å². The van der Waals surface area contributed by atoms with Crippen molar-refractivity contribution in [3.05, 3.63) is 59.2 Å². The van der Waals surface area contributed by atoms with E-state index in [0.29, 0.717) is 31.2 Å². The van der Waals surface area contributed by atoms with Crippen LogP contribution in [0.4, 0.5) is 5.69 Å². The molecule has 0 unspecified atom stereocenters. The van der Waals surface area contributed by atoms with Crippen molar-refractivity contribution < 1.29 is 17.9 Å². The fourth-order valence-electron chi connectivity index (χ4n) is 3.28. The van der Waals surface area contributed by atoms with Gasteiger partial charge >= 0.3 is 0 Å². The van der Waals surface area contributed by atoms with E-state index in [4.69, 9.17) is 4.74 Å². The quantitative estimate of drug-likeness (QED) is 0.526. The van der Waals surface area contributed by atoms with E-state index in [1.807, 2.05) is 50.2 Å². The summed E-state index contributed by atoms with van der Waals surface area (Å²) < 4.78 is 31.6. The summed E-state index contributed by atoms with van der Waals surface area (Å²) >= 11 is 0. The molecule has 0 saturated carbocycles. The van der Waals surface area contributed by atoms with Crippen LogP contribution in [0.1, 0.15) is 49.3 Å². The fraction of sp³-hybridized carbons (Fsp3) is 0.458. The average molecular weight is 447 g/mol. The van der Waals surface area contributed by atoms with Crippen molar-refractivity contribution >= 4 is 21.6 Å². The fourth-order valence-corrected chi connectivity index (χ4v) is 4.24. The van der Waals surface area contributed by atoms with Gasteiger partial charge in [0.05, 0.1) is 18.5 Å². The Morgan fingerprint density at radius 2 is 1.81 bits per heavy atom. The van der Waals surface area contributed by atoms with E-state index in [2.05, 4.69) is 19.2 Å². The minimum Gasteiger partial charge on any atom is -0.491 e. The van der Waals surface area contributed by atoms with Crippen molar-refractivity contribution in [1.82, 2.24) is 5.32 Å². The predicted octanol–water partition coefficient (Wildman–Crippen LogP) is 4.17. The highest BCUT2D eigenvalue weighted by molar-refractivity contribution is 7.92. The number of nitrogens with zero attached hydrogens (tertiary/aromatic N) is 1. The van der Waals surface area contributed by atoms with Crippen molar-refractivity contribution in [2.75, 3.05) is 30.3 Å². The molecular weight excluding hydrogens is 412 g/mol. The first-order valence-electron chi connectivity index (χ1n) is 10.6. The van der Waals surface area contributed by atoms with Gasteiger partial charge in [-0.25, -0.2) is 8.42 Å². The Labute approximate surface area is 186 Å². The van der Waals surface area contributed by atoms with Crippen molar-refractivity contribution in [2.24, 2.45) is 0 Å². The Morgan fingerprint density at radius 3 is 2.45 bits per heavy atom. The lowest BCUT2D eigenvalue weighted by Gasteiger charge is -2.23. The molecule has 31 heavy (non-hydrogen) atoms. The van der Waals surface area contributed by atoms with E-state index < -0.39 is 10.0 Å². The first-order chi connectivity index (χ1) is 14.6. The molecule has 6 nitrogen and oxygen atoms in total. The number of rotatable bonds is 11. The van der Waals surface area contributed by atoms with E-state index in [0.717, 1.165) is 22.4 Å². The largest absolute Gasteiger partial charge is 0.491 e. The molecule has 7 heteroatoms. The summed E-state index contributed by atoms with van der Waals surface area (Å²) in [7, 11) is -3.43. The minimum atomic E-state index is -3.43. The van der Waals surface area contributed by atoms with E-state index in [-0.39, 0.29) is 18.9 Å². The molecule has 2 aromatic rings. The maximum atomic E-state index is 12.2. The smallest absolute Gasteiger partial charge is 0.232 e. The Kier molecular flexibility index (Phi) is 8.92. The Balaban J connectivity index is 1.80. The predicted molar refractivity (Wildman–Crippen MR) is 126 cm³/mol. The summed E-state index contributed by atoms with van der Waals surface area (Å²) in [4.78, 5) is 12.2. The van der Waals surface area contributed by atoms with Gasteiger partial charge in [0.1, 0.15) is 12.4 Å². The number of benzene rings is 2. The zero-order valence-corrected chi connectivity index (χ0v) is 20.0. The van der Waals surface area contributed by atoms with Gasteiger partial charge in [0.15, 0.2) is 0 Å². The molecular formula is C24H34N2O4S. The van der Waals surface area contributed by atoms with Gasteiger partial charge in [-0.15, -0.1) is 0 Å². The number of nitrogens with one attached hydrogen (secondary N) is 1. The molecule has 0 atom stereocenters. The van der Waals surface area contributed by atoms with Gasteiger partial charge in [0, 0.05) is 13.0 Å². The minimum absolute atomic E-state index is 0.116. The van der Waals surface area contributed by atoms with Gasteiger partial charge in [-0.3, -0.25) is 9.10 Å². The highest BCUT2D eigenvalue weighted by Crippen LogP contribution is 2.25. The number of aryl methyl sites for hydroxylation is 2. The highest BCUT2D eigenvalue weighted by atomic mass is 32.2. The van der Waals surface area contributed by atoms with E-state index in [1.165, 1.54) is 10.6 Å². The maximum Gasteiger partial charge on any atom is 0.232 e. The summed E-state index contributed by atoms with van der Waals surface area (Å²) in [6.45, 7) is 9.20. The molecule has 0 aliphatic heterocycles. The van der Waals surface area contributed by atoms with E-state index >= 15 is 0 Å². The molecule has 2 rings (SSSR count).